The number of carbonyl (C=O) groups is 1. The lowest BCUT2D eigenvalue weighted by Gasteiger charge is -2.19. The Morgan fingerprint density at radius 3 is 2.22 bits per heavy atom. The third-order valence-corrected chi connectivity index (χ3v) is 2.98. The molecule has 0 radical (unpaired) electrons. The Morgan fingerprint density at radius 1 is 1.22 bits per heavy atom. The second-order valence-electron chi connectivity index (χ2n) is 4.39. The van der Waals surface area contributed by atoms with Crippen LogP contribution in [0.1, 0.15) is 43.9 Å². The van der Waals surface area contributed by atoms with E-state index in [-0.39, 0.29) is 24.4 Å². The fraction of sp³-hybridized carbons (Fsp3) is 0.500. The number of aryl methyl sites for hydroxylation is 1. The first-order chi connectivity index (χ1) is 8.08. The maximum absolute atomic E-state index is 11.7. The molecule has 18 heavy (non-hydrogen) atoms. The van der Waals surface area contributed by atoms with Crippen molar-refractivity contribution in [1.29, 1.82) is 0 Å². The zero-order valence-electron chi connectivity index (χ0n) is 11.3. The third kappa shape index (κ3) is 4.67. The van der Waals surface area contributed by atoms with Crippen LogP contribution >= 0.6 is 12.4 Å². The van der Waals surface area contributed by atoms with Gasteiger partial charge in [-0.15, -0.1) is 12.4 Å². The number of amides is 1. The maximum atomic E-state index is 11.7. The predicted octanol–water partition coefficient (Wildman–Crippen LogP) is 2.72. The van der Waals surface area contributed by atoms with Gasteiger partial charge in [0.2, 0.25) is 5.91 Å². The van der Waals surface area contributed by atoms with Crippen molar-refractivity contribution >= 4 is 18.3 Å². The summed E-state index contributed by atoms with van der Waals surface area (Å²) in [6.45, 7) is 6.02. The molecule has 0 bridgehead atoms. The molecule has 0 spiro atoms. The molecule has 2 atom stereocenters. The van der Waals surface area contributed by atoms with Crippen LogP contribution in [-0.2, 0) is 4.79 Å². The van der Waals surface area contributed by atoms with Crippen molar-refractivity contribution in [2.75, 3.05) is 0 Å². The zero-order chi connectivity index (χ0) is 12.8. The monoisotopic (exact) mass is 270 g/mol. The lowest BCUT2D eigenvalue weighted by atomic mass is 10.0. The van der Waals surface area contributed by atoms with Gasteiger partial charge in [-0.3, -0.25) is 4.79 Å². The van der Waals surface area contributed by atoms with E-state index in [0.29, 0.717) is 6.42 Å². The molecule has 3 nitrogen and oxygen atoms in total. The first-order valence-corrected chi connectivity index (χ1v) is 6.21. The number of rotatable bonds is 5. The first kappa shape index (κ1) is 16.9. The molecule has 0 saturated heterocycles. The first-order valence-electron chi connectivity index (χ1n) is 6.21. The minimum atomic E-state index is -0.408. The summed E-state index contributed by atoms with van der Waals surface area (Å²) >= 11 is 0. The van der Waals surface area contributed by atoms with Crippen molar-refractivity contribution in [2.24, 2.45) is 5.73 Å². The van der Waals surface area contributed by atoms with E-state index >= 15 is 0 Å². The standard InChI is InChI=1S/C14H22N2O.ClH/c1-4-12(15)14(17)16-13(5-2)11-8-6-10(3)7-9-11;/h6-9,12-13H,4-5,15H2,1-3H3,(H,16,17);1H. The van der Waals surface area contributed by atoms with Crippen LogP contribution in [0.3, 0.4) is 0 Å². The fourth-order valence-corrected chi connectivity index (χ4v) is 1.68. The van der Waals surface area contributed by atoms with Gasteiger partial charge < -0.3 is 11.1 Å². The molecule has 0 aromatic heterocycles. The number of nitrogens with two attached hydrogens (primary N) is 1. The molecule has 1 aromatic carbocycles. The van der Waals surface area contributed by atoms with Crippen LogP contribution in [0.4, 0.5) is 0 Å². The van der Waals surface area contributed by atoms with Gasteiger partial charge in [-0.2, -0.15) is 0 Å². The van der Waals surface area contributed by atoms with E-state index in [0.717, 1.165) is 12.0 Å². The summed E-state index contributed by atoms with van der Waals surface area (Å²) in [6, 6.07) is 7.88. The van der Waals surface area contributed by atoms with Crippen molar-refractivity contribution in [1.82, 2.24) is 5.32 Å². The number of nitrogens with one attached hydrogen (secondary N) is 1. The molecule has 0 fully saturated rings. The Morgan fingerprint density at radius 2 is 1.78 bits per heavy atom. The molecule has 2 unspecified atom stereocenters. The number of hydrogen-bond acceptors (Lipinski definition) is 2. The van der Waals surface area contributed by atoms with E-state index < -0.39 is 6.04 Å². The van der Waals surface area contributed by atoms with Gasteiger partial charge in [0, 0.05) is 0 Å². The summed E-state index contributed by atoms with van der Waals surface area (Å²) in [4.78, 5) is 11.7. The molecular weight excluding hydrogens is 248 g/mol. The molecule has 0 aliphatic rings. The summed E-state index contributed by atoms with van der Waals surface area (Å²) in [7, 11) is 0. The molecule has 102 valence electrons. The van der Waals surface area contributed by atoms with Gasteiger partial charge in [0.25, 0.3) is 0 Å². The summed E-state index contributed by atoms with van der Waals surface area (Å²) in [5, 5.41) is 2.99. The second kappa shape index (κ2) is 8.11. The Hall–Kier alpha value is -1.06. The second-order valence-corrected chi connectivity index (χ2v) is 4.39. The van der Waals surface area contributed by atoms with Crippen LogP contribution in [0.25, 0.3) is 0 Å². The predicted molar refractivity (Wildman–Crippen MR) is 77.9 cm³/mol. The van der Waals surface area contributed by atoms with E-state index in [2.05, 4.69) is 43.4 Å². The van der Waals surface area contributed by atoms with Gasteiger partial charge in [-0.05, 0) is 25.3 Å². The molecule has 0 saturated carbocycles. The Bertz CT molecular complexity index is 365. The highest BCUT2D eigenvalue weighted by molar-refractivity contribution is 5.85. The highest BCUT2D eigenvalue weighted by atomic mass is 35.5. The van der Waals surface area contributed by atoms with Crippen LogP contribution in [0.15, 0.2) is 24.3 Å². The van der Waals surface area contributed by atoms with Gasteiger partial charge >= 0.3 is 0 Å². The Kier molecular flexibility index (Phi) is 7.64. The largest absolute Gasteiger partial charge is 0.348 e. The van der Waals surface area contributed by atoms with Gasteiger partial charge in [-0.1, -0.05) is 43.7 Å². The van der Waals surface area contributed by atoms with Gasteiger partial charge in [-0.25, -0.2) is 0 Å². The molecule has 0 aliphatic carbocycles. The summed E-state index contributed by atoms with van der Waals surface area (Å²) in [5.74, 6) is -0.0695. The van der Waals surface area contributed by atoms with Gasteiger partial charge in [0.1, 0.15) is 0 Å². The normalized spacial score (nSPS) is 13.3. The van der Waals surface area contributed by atoms with Gasteiger partial charge in [0.05, 0.1) is 12.1 Å². The fourth-order valence-electron chi connectivity index (χ4n) is 1.68. The van der Waals surface area contributed by atoms with E-state index in [9.17, 15) is 4.79 Å². The minimum Gasteiger partial charge on any atom is -0.348 e. The summed E-state index contributed by atoms with van der Waals surface area (Å²) in [5.41, 5.74) is 8.07. The molecule has 0 heterocycles. The van der Waals surface area contributed by atoms with Crippen molar-refractivity contribution < 1.29 is 4.79 Å². The molecule has 1 aromatic rings. The molecular formula is C14H23ClN2O. The van der Waals surface area contributed by atoms with Crippen LogP contribution in [0, 0.1) is 6.92 Å². The number of halogens is 1. The topological polar surface area (TPSA) is 55.1 Å². The Labute approximate surface area is 116 Å². The van der Waals surface area contributed by atoms with E-state index in [1.807, 2.05) is 6.92 Å². The summed E-state index contributed by atoms with van der Waals surface area (Å²) in [6.07, 6.45) is 1.53. The summed E-state index contributed by atoms with van der Waals surface area (Å²) < 4.78 is 0. The zero-order valence-corrected chi connectivity index (χ0v) is 12.1. The third-order valence-electron chi connectivity index (χ3n) is 2.98. The molecule has 1 amide bonds. The molecule has 3 N–H and O–H groups in total. The average Bonchev–Trinajstić information content (AvgIpc) is 2.35. The number of benzene rings is 1. The lowest BCUT2D eigenvalue weighted by Crippen LogP contribution is -2.41. The van der Waals surface area contributed by atoms with Crippen molar-refractivity contribution in [3.8, 4) is 0 Å². The molecule has 4 heteroatoms. The van der Waals surface area contributed by atoms with Crippen LogP contribution in [-0.4, -0.2) is 11.9 Å². The van der Waals surface area contributed by atoms with Crippen molar-refractivity contribution in [3.05, 3.63) is 35.4 Å². The molecule has 0 aliphatic heterocycles. The smallest absolute Gasteiger partial charge is 0.237 e. The maximum Gasteiger partial charge on any atom is 0.237 e. The van der Waals surface area contributed by atoms with Crippen molar-refractivity contribution in [2.45, 2.75) is 45.7 Å². The minimum absolute atomic E-state index is 0. The van der Waals surface area contributed by atoms with Crippen molar-refractivity contribution in [3.63, 3.8) is 0 Å². The Balaban J connectivity index is 0.00000289. The number of hydrogen-bond donors (Lipinski definition) is 2. The highest BCUT2D eigenvalue weighted by Crippen LogP contribution is 2.17. The van der Waals surface area contributed by atoms with Crippen LogP contribution in [0.2, 0.25) is 0 Å². The van der Waals surface area contributed by atoms with Gasteiger partial charge in [0.15, 0.2) is 0 Å². The van der Waals surface area contributed by atoms with E-state index in [1.54, 1.807) is 0 Å². The quantitative estimate of drug-likeness (QED) is 0.864. The highest BCUT2D eigenvalue weighted by Gasteiger charge is 2.16. The van der Waals surface area contributed by atoms with Crippen LogP contribution in [0.5, 0.6) is 0 Å². The SMILES string of the molecule is CCC(N)C(=O)NC(CC)c1ccc(C)cc1.Cl. The average molecular weight is 271 g/mol. The van der Waals surface area contributed by atoms with E-state index in [1.165, 1.54) is 5.56 Å². The van der Waals surface area contributed by atoms with E-state index in [4.69, 9.17) is 5.73 Å². The lowest BCUT2D eigenvalue weighted by molar-refractivity contribution is -0.123. The number of carbonyl (C=O) groups excluding carboxylic acids is 1. The molecule has 1 rings (SSSR count). The van der Waals surface area contributed by atoms with Crippen LogP contribution < -0.4 is 11.1 Å².